The van der Waals surface area contributed by atoms with Gasteiger partial charge in [0.05, 0.1) is 28.2 Å². The van der Waals surface area contributed by atoms with Crippen LogP contribution in [0.1, 0.15) is 24.8 Å². The number of likely N-dealkylation sites (tertiary alicyclic amines) is 1. The minimum absolute atomic E-state index is 0.0368. The fourth-order valence-corrected chi connectivity index (χ4v) is 4.49. The number of carbonyl (C=O) groups is 3. The van der Waals surface area contributed by atoms with Crippen molar-refractivity contribution in [3.8, 4) is 0 Å². The van der Waals surface area contributed by atoms with Crippen molar-refractivity contribution < 1.29 is 14.4 Å². The molecule has 2 aromatic rings. The van der Waals surface area contributed by atoms with Gasteiger partial charge in [-0.2, -0.15) is 0 Å². The van der Waals surface area contributed by atoms with Crippen molar-refractivity contribution in [3.05, 3.63) is 64.1 Å². The SMILES string of the molecule is O=C(NCc1ccccc1)C1CCN([C@@H]2CC(=O)N(c3ccc(Cl)c(Cl)c3)C2=O)CC1. The van der Waals surface area contributed by atoms with Gasteiger partial charge in [0.15, 0.2) is 0 Å². The summed E-state index contributed by atoms with van der Waals surface area (Å²) in [6.45, 7) is 1.71. The third kappa shape index (κ3) is 4.76. The lowest BCUT2D eigenvalue weighted by Gasteiger charge is -2.34. The first-order valence-corrected chi connectivity index (χ1v) is 11.1. The van der Waals surface area contributed by atoms with Crippen LogP contribution in [0.15, 0.2) is 48.5 Å². The van der Waals surface area contributed by atoms with Gasteiger partial charge in [0, 0.05) is 12.5 Å². The van der Waals surface area contributed by atoms with Gasteiger partial charge >= 0.3 is 0 Å². The van der Waals surface area contributed by atoms with Crippen LogP contribution in [0.5, 0.6) is 0 Å². The van der Waals surface area contributed by atoms with E-state index in [0.717, 1.165) is 5.56 Å². The van der Waals surface area contributed by atoms with Crippen molar-refractivity contribution in [2.24, 2.45) is 5.92 Å². The minimum atomic E-state index is -0.504. The number of hydrogen-bond donors (Lipinski definition) is 1. The number of benzene rings is 2. The standard InChI is InChI=1S/C23H23Cl2N3O3/c24-18-7-6-17(12-19(18)25)28-21(29)13-20(23(28)31)27-10-8-16(9-11-27)22(30)26-14-15-4-2-1-3-5-15/h1-7,12,16,20H,8-11,13-14H2,(H,26,30)/t20-/m1/s1. The molecule has 2 aliphatic heterocycles. The smallest absolute Gasteiger partial charge is 0.251 e. The highest BCUT2D eigenvalue weighted by Gasteiger charge is 2.44. The molecule has 2 fully saturated rings. The van der Waals surface area contributed by atoms with Crippen LogP contribution in [0.3, 0.4) is 0 Å². The van der Waals surface area contributed by atoms with Gasteiger partial charge in [-0.25, -0.2) is 4.90 Å². The predicted octanol–water partition coefficient (Wildman–Crippen LogP) is 3.65. The van der Waals surface area contributed by atoms with Crippen LogP contribution in [0, 0.1) is 5.92 Å². The molecule has 2 aromatic carbocycles. The van der Waals surface area contributed by atoms with Crippen molar-refractivity contribution in [2.45, 2.75) is 31.8 Å². The van der Waals surface area contributed by atoms with E-state index in [0.29, 0.717) is 48.2 Å². The van der Waals surface area contributed by atoms with Crippen molar-refractivity contribution >= 4 is 46.6 Å². The summed E-state index contributed by atoms with van der Waals surface area (Å²) in [6.07, 6.45) is 1.45. The van der Waals surface area contributed by atoms with Crippen LogP contribution in [0.2, 0.25) is 10.0 Å². The van der Waals surface area contributed by atoms with E-state index in [9.17, 15) is 14.4 Å². The van der Waals surface area contributed by atoms with Gasteiger partial charge < -0.3 is 5.32 Å². The second kappa shape index (κ2) is 9.39. The highest BCUT2D eigenvalue weighted by molar-refractivity contribution is 6.42. The van der Waals surface area contributed by atoms with Crippen LogP contribution in [-0.2, 0) is 20.9 Å². The van der Waals surface area contributed by atoms with Crippen LogP contribution in [-0.4, -0.2) is 41.8 Å². The first-order valence-electron chi connectivity index (χ1n) is 10.3. The maximum absolute atomic E-state index is 13.0. The predicted molar refractivity (Wildman–Crippen MR) is 120 cm³/mol. The number of amides is 3. The summed E-state index contributed by atoms with van der Waals surface area (Å²) < 4.78 is 0. The molecule has 2 heterocycles. The number of nitrogens with one attached hydrogen (secondary N) is 1. The molecule has 0 unspecified atom stereocenters. The minimum Gasteiger partial charge on any atom is -0.352 e. The van der Waals surface area contributed by atoms with E-state index >= 15 is 0 Å². The number of imide groups is 1. The molecule has 2 aliphatic rings. The molecular formula is C23H23Cl2N3O3. The lowest BCUT2D eigenvalue weighted by molar-refractivity contribution is -0.127. The second-order valence-electron chi connectivity index (χ2n) is 7.90. The molecule has 31 heavy (non-hydrogen) atoms. The highest BCUT2D eigenvalue weighted by Crippen LogP contribution is 2.32. The second-order valence-corrected chi connectivity index (χ2v) is 8.71. The Labute approximate surface area is 191 Å². The van der Waals surface area contributed by atoms with Gasteiger partial charge in [0.1, 0.15) is 0 Å². The maximum atomic E-state index is 13.0. The third-order valence-electron chi connectivity index (χ3n) is 5.93. The molecule has 6 nitrogen and oxygen atoms in total. The van der Waals surface area contributed by atoms with E-state index in [2.05, 4.69) is 5.32 Å². The molecule has 0 aromatic heterocycles. The third-order valence-corrected chi connectivity index (χ3v) is 6.67. The molecule has 8 heteroatoms. The monoisotopic (exact) mass is 459 g/mol. The van der Waals surface area contributed by atoms with Gasteiger partial charge in [-0.1, -0.05) is 53.5 Å². The van der Waals surface area contributed by atoms with E-state index in [1.54, 1.807) is 12.1 Å². The summed E-state index contributed by atoms with van der Waals surface area (Å²) in [7, 11) is 0. The first-order chi connectivity index (χ1) is 14.9. The quantitative estimate of drug-likeness (QED) is 0.692. The number of piperidine rings is 1. The molecule has 0 bridgehead atoms. The largest absolute Gasteiger partial charge is 0.352 e. The zero-order valence-corrected chi connectivity index (χ0v) is 18.4. The van der Waals surface area contributed by atoms with E-state index < -0.39 is 6.04 Å². The van der Waals surface area contributed by atoms with Crippen LogP contribution in [0.25, 0.3) is 0 Å². The van der Waals surface area contributed by atoms with Crippen molar-refractivity contribution in [2.75, 3.05) is 18.0 Å². The van der Waals surface area contributed by atoms with E-state index in [1.807, 2.05) is 35.2 Å². The molecule has 0 spiro atoms. The van der Waals surface area contributed by atoms with Gasteiger partial charge in [0.25, 0.3) is 5.91 Å². The summed E-state index contributed by atoms with van der Waals surface area (Å²) in [5, 5.41) is 3.66. The Morgan fingerprint density at radius 2 is 1.71 bits per heavy atom. The normalized spacial score (nSPS) is 20.3. The summed E-state index contributed by atoms with van der Waals surface area (Å²) in [5.41, 5.74) is 1.49. The zero-order valence-electron chi connectivity index (χ0n) is 16.9. The maximum Gasteiger partial charge on any atom is 0.251 e. The van der Waals surface area contributed by atoms with E-state index in [-0.39, 0.29) is 30.1 Å². The molecule has 2 saturated heterocycles. The molecule has 162 valence electrons. The van der Waals surface area contributed by atoms with Gasteiger partial charge in [0.2, 0.25) is 11.8 Å². The Morgan fingerprint density at radius 3 is 2.39 bits per heavy atom. The number of carbonyl (C=O) groups excluding carboxylic acids is 3. The molecule has 1 N–H and O–H groups in total. The molecular weight excluding hydrogens is 437 g/mol. The Kier molecular flexibility index (Phi) is 6.60. The lowest BCUT2D eigenvalue weighted by Crippen LogP contribution is -2.48. The molecule has 0 radical (unpaired) electrons. The first kappa shape index (κ1) is 21.8. The van der Waals surface area contributed by atoms with Crippen LogP contribution >= 0.6 is 23.2 Å². The van der Waals surface area contributed by atoms with Gasteiger partial charge in [-0.15, -0.1) is 0 Å². The topological polar surface area (TPSA) is 69.7 Å². The lowest BCUT2D eigenvalue weighted by atomic mass is 9.94. The Hall–Kier alpha value is -2.41. The Morgan fingerprint density at radius 1 is 1.00 bits per heavy atom. The van der Waals surface area contributed by atoms with E-state index in [1.165, 1.54) is 11.0 Å². The van der Waals surface area contributed by atoms with Gasteiger partial charge in [-0.05, 0) is 49.7 Å². The molecule has 0 aliphatic carbocycles. The number of rotatable bonds is 5. The van der Waals surface area contributed by atoms with Crippen LogP contribution < -0.4 is 10.2 Å². The molecule has 1 atom stereocenters. The molecule has 4 rings (SSSR count). The van der Waals surface area contributed by atoms with E-state index in [4.69, 9.17) is 23.2 Å². The Balaban J connectivity index is 1.33. The average molecular weight is 460 g/mol. The number of hydrogen-bond acceptors (Lipinski definition) is 4. The average Bonchev–Trinajstić information content (AvgIpc) is 3.08. The van der Waals surface area contributed by atoms with Crippen LogP contribution in [0.4, 0.5) is 5.69 Å². The number of halogens is 2. The molecule has 3 amide bonds. The van der Waals surface area contributed by atoms with Gasteiger partial charge in [-0.3, -0.25) is 19.3 Å². The summed E-state index contributed by atoms with van der Waals surface area (Å²) in [6, 6.07) is 14.0. The number of nitrogens with zero attached hydrogens (tertiary/aromatic N) is 2. The van der Waals surface area contributed by atoms with Crippen molar-refractivity contribution in [1.82, 2.24) is 10.2 Å². The molecule has 0 saturated carbocycles. The van der Waals surface area contributed by atoms with Crippen molar-refractivity contribution in [1.29, 1.82) is 0 Å². The number of anilines is 1. The Bertz CT molecular complexity index is 991. The fourth-order valence-electron chi connectivity index (χ4n) is 4.20. The summed E-state index contributed by atoms with van der Waals surface area (Å²) in [5.74, 6) is -0.556. The fraction of sp³-hybridized carbons (Fsp3) is 0.348. The summed E-state index contributed by atoms with van der Waals surface area (Å²) >= 11 is 12.0. The summed E-state index contributed by atoms with van der Waals surface area (Å²) in [4.78, 5) is 41.3. The highest BCUT2D eigenvalue weighted by atomic mass is 35.5. The van der Waals surface area contributed by atoms with Crippen molar-refractivity contribution in [3.63, 3.8) is 0 Å². The zero-order chi connectivity index (χ0) is 22.0.